The quantitative estimate of drug-likeness (QED) is 0.477. The van der Waals surface area contributed by atoms with Crippen molar-refractivity contribution in [1.29, 1.82) is 0 Å². The van der Waals surface area contributed by atoms with E-state index in [4.69, 9.17) is 0 Å². The third kappa shape index (κ3) is 5.53. The maximum absolute atomic E-state index is 13.3. The Morgan fingerprint density at radius 3 is 2.59 bits per heavy atom. The molecule has 0 bridgehead atoms. The van der Waals surface area contributed by atoms with E-state index in [1.807, 2.05) is 10.6 Å². The second kappa shape index (κ2) is 11.1. The molecule has 1 saturated heterocycles. The van der Waals surface area contributed by atoms with Crippen LogP contribution in [0.5, 0.6) is 0 Å². The van der Waals surface area contributed by atoms with Crippen LogP contribution in [-0.2, 0) is 9.59 Å². The van der Waals surface area contributed by atoms with E-state index in [2.05, 4.69) is 16.9 Å². The number of rotatable bonds is 7. The SMILES string of the molecule is C=CC(=O)N1CCCCC(n2c(NC(=O)c3ccccc3)nc3cccc(C(=O)N(C)CC(=O)O)c32)C1. The first-order chi connectivity index (χ1) is 17.8. The molecule has 0 radical (unpaired) electrons. The zero-order valence-corrected chi connectivity index (χ0v) is 20.6. The molecule has 2 N–H and O–H groups in total. The van der Waals surface area contributed by atoms with Crippen LogP contribution >= 0.6 is 0 Å². The van der Waals surface area contributed by atoms with Gasteiger partial charge in [-0.3, -0.25) is 24.5 Å². The van der Waals surface area contributed by atoms with Crippen LogP contribution in [0.4, 0.5) is 5.95 Å². The molecule has 37 heavy (non-hydrogen) atoms. The van der Waals surface area contributed by atoms with Crippen LogP contribution in [0, 0.1) is 0 Å². The van der Waals surface area contributed by atoms with Crippen LogP contribution in [0.15, 0.2) is 61.2 Å². The number of anilines is 1. The van der Waals surface area contributed by atoms with Crippen molar-refractivity contribution in [3.63, 3.8) is 0 Å². The average Bonchev–Trinajstić information content (AvgIpc) is 3.08. The Hall–Kier alpha value is -4.47. The number of likely N-dealkylation sites (tertiary alicyclic amines) is 1. The molecule has 1 aliphatic rings. The standard InChI is InChI=1S/C27H29N5O5/c1-3-22(33)31-15-8-7-12-19(16-31)32-24-20(26(37)30(2)17-23(34)35)13-9-14-21(24)28-27(32)29-25(36)18-10-5-4-6-11-18/h3-6,9-11,13-14,19H,1,7-8,12,15-17H2,2H3,(H,34,35)(H,28,29,36). The van der Waals surface area contributed by atoms with Crippen molar-refractivity contribution >= 4 is 40.7 Å². The lowest BCUT2D eigenvalue weighted by Gasteiger charge is -2.26. The van der Waals surface area contributed by atoms with Gasteiger partial charge in [0, 0.05) is 25.7 Å². The molecule has 1 unspecified atom stereocenters. The van der Waals surface area contributed by atoms with Crippen molar-refractivity contribution in [3.8, 4) is 0 Å². The Morgan fingerprint density at radius 2 is 1.89 bits per heavy atom. The Morgan fingerprint density at radius 1 is 1.14 bits per heavy atom. The highest BCUT2D eigenvalue weighted by molar-refractivity contribution is 6.08. The van der Waals surface area contributed by atoms with Crippen molar-refractivity contribution in [2.24, 2.45) is 0 Å². The molecule has 0 spiro atoms. The Bertz CT molecular complexity index is 1350. The number of amides is 3. The highest BCUT2D eigenvalue weighted by Gasteiger charge is 2.29. The number of para-hydroxylation sites is 1. The summed E-state index contributed by atoms with van der Waals surface area (Å²) in [7, 11) is 1.42. The summed E-state index contributed by atoms with van der Waals surface area (Å²) in [6.07, 6.45) is 3.60. The highest BCUT2D eigenvalue weighted by Crippen LogP contribution is 2.33. The van der Waals surface area contributed by atoms with Gasteiger partial charge in [0.1, 0.15) is 6.54 Å². The molecule has 1 aliphatic heterocycles. The molecule has 1 fully saturated rings. The number of likely N-dealkylation sites (N-methyl/N-ethyl adjacent to an activating group) is 1. The van der Waals surface area contributed by atoms with Gasteiger partial charge in [-0.2, -0.15) is 0 Å². The van der Waals surface area contributed by atoms with Crippen LogP contribution in [-0.4, -0.2) is 74.8 Å². The zero-order valence-electron chi connectivity index (χ0n) is 20.6. The van der Waals surface area contributed by atoms with E-state index in [0.29, 0.717) is 36.1 Å². The maximum atomic E-state index is 13.3. The van der Waals surface area contributed by atoms with Gasteiger partial charge in [-0.05, 0) is 49.6 Å². The van der Waals surface area contributed by atoms with Crippen LogP contribution in [0.25, 0.3) is 11.0 Å². The number of carboxylic acid groups (broad SMARTS) is 1. The van der Waals surface area contributed by atoms with Crippen LogP contribution in [0.2, 0.25) is 0 Å². The van der Waals surface area contributed by atoms with E-state index in [9.17, 15) is 24.3 Å². The van der Waals surface area contributed by atoms with Crippen LogP contribution in [0.3, 0.4) is 0 Å². The molecule has 0 aliphatic carbocycles. The molecule has 10 nitrogen and oxygen atoms in total. The molecular weight excluding hydrogens is 474 g/mol. The predicted octanol–water partition coefficient (Wildman–Crippen LogP) is 3.18. The number of nitrogens with zero attached hydrogens (tertiary/aromatic N) is 4. The normalized spacial score (nSPS) is 15.6. The summed E-state index contributed by atoms with van der Waals surface area (Å²) in [6, 6.07) is 13.5. The van der Waals surface area contributed by atoms with Crippen molar-refractivity contribution in [2.75, 3.05) is 32.0 Å². The Kier molecular flexibility index (Phi) is 7.66. The van der Waals surface area contributed by atoms with Crippen LogP contribution in [0.1, 0.15) is 46.0 Å². The number of carbonyl (C=O) groups is 4. The van der Waals surface area contributed by atoms with Crippen LogP contribution < -0.4 is 5.32 Å². The molecular formula is C27H29N5O5. The van der Waals surface area contributed by atoms with Gasteiger partial charge in [0.25, 0.3) is 11.8 Å². The lowest BCUT2D eigenvalue weighted by atomic mass is 10.1. The average molecular weight is 504 g/mol. The van der Waals surface area contributed by atoms with Gasteiger partial charge in [0.15, 0.2) is 0 Å². The van der Waals surface area contributed by atoms with E-state index >= 15 is 0 Å². The van der Waals surface area contributed by atoms with Crippen molar-refractivity contribution in [3.05, 3.63) is 72.3 Å². The van der Waals surface area contributed by atoms with Gasteiger partial charge in [0.2, 0.25) is 11.9 Å². The third-order valence-corrected chi connectivity index (χ3v) is 6.42. The first kappa shape index (κ1) is 25.6. The van der Waals surface area contributed by atoms with Crippen molar-refractivity contribution in [2.45, 2.75) is 25.3 Å². The minimum Gasteiger partial charge on any atom is -0.480 e. The first-order valence-electron chi connectivity index (χ1n) is 12.1. The number of aromatic nitrogens is 2. The zero-order chi connectivity index (χ0) is 26.5. The number of carboxylic acids is 1. The predicted molar refractivity (Wildman–Crippen MR) is 138 cm³/mol. The van der Waals surface area contributed by atoms with E-state index in [1.54, 1.807) is 47.4 Å². The lowest BCUT2D eigenvalue weighted by Crippen LogP contribution is -2.35. The molecule has 0 saturated carbocycles. The molecule has 192 valence electrons. The van der Waals surface area contributed by atoms with Gasteiger partial charge < -0.3 is 19.5 Å². The van der Waals surface area contributed by atoms with Gasteiger partial charge in [-0.15, -0.1) is 0 Å². The molecule has 4 rings (SSSR count). The van der Waals surface area contributed by atoms with E-state index in [0.717, 1.165) is 17.7 Å². The number of carbonyl (C=O) groups excluding carboxylic acids is 3. The minimum atomic E-state index is -1.13. The number of imidazole rings is 1. The summed E-state index contributed by atoms with van der Waals surface area (Å²) in [5.41, 5.74) is 1.66. The van der Waals surface area contributed by atoms with Gasteiger partial charge >= 0.3 is 5.97 Å². The number of hydrogen-bond acceptors (Lipinski definition) is 5. The fourth-order valence-electron chi connectivity index (χ4n) is 4.67. The van der Waals surface area contributed by atoms with E-state index < -0.39 is 18.4 Å². The summed E-state index contributed by atoms with van der Waals surface area (Å²) in [4.78, 5) is 57.6. The molecule has 10 heteroatoms. The maximum Gasteiger partial charge on any atom is 0.323 e. The monoisotopic (exact) mass is 503 g/mol. The fraction of sp³-hybridized carbons (Fsp3) is 0.296. The summed E-state index contributed by atoms with van der Waals surface area (Å²) in [5, 5.41) is 12.1. The molecule has 1 aromatic heterocycles. The fourth-order valence-corrected chi connectivity index (χ4v) is 4.67. The molecule has 3 amide bonds. The number of hydrogen-bond donors (Lipinski definition) is 2. The van der Waals surface area contributed by atoms with E-state index in [-0.39, 0.29) is 29.4 Å². The summed E-state index contributed by atoms with van der Waals surface area (Å²) in [6.45, 7) is 4.06. The topological polar surface area (TPSA) is 125 Å². The van der Waals surface area contributed by atoms with Gasteiger partial charge in [-0.1, -0.05) is 30.8 Å². The lowest BCUT2D eigenvalue weighted by molar-refractivity contribution is -0.137. The Balaban J connectivity index is 1.85. The van der Waals surface area contributed by atoms with Crippen molar-refractivity contribution in [1.82, 2.24) is 19.4 Å². The Labute approximate surface area is 214 Å². The smallest absolute Gasteiger partial charge is 0.323 e. The number of nitrogens with one attached hydrogen (secondary N) is 1. The third-order valence-electron chi connectivity index (χ3n) is 6.42. The van der Waals surface area contributed by atoms with Gasteiger partial charge in [-0.25, -0.2) is 4.98 Å². The molecule has 2 heterocycles. The molecule has 3 aromatic rings. The number of benzene rings is 2. The van der Waals surface area contributed by atoms with Gasteiger partial charge in [0.05, 0.1) is 22.6 Å². The summed E-state index contributed by atoms with van der Waals surface area (Å²) < 4.78 is 1.81. The first-order valence-corrected chi connectivity index (χ1v) is 12.1. The molecule has 2 aromatic carbocycles. The van der Waals surface area contributed by atoms with Crippen molar-refractivity contribution < 1.29 is 24.3 Å². The van der Waals surface area contributed by atoms with E-state index in [1.165, 1.54) is 13.1 Å². The number of aliphatic carboxylic acids is 1. The second-order valence-corrected chi connectivity index (χ2v) is 8.99. The second-order valence-electron chi connectivity index (χ2n) is 8.99. The highest BCUT2D eigenvalue weighted by atomic mass is 16.4. The summed E-state index contributed by atoms with van der Waals surface area (Å²) in [5.74, 6) is -1.91. The molecule has 1 atom stereocenters. The summed E-state index contributed by atoms with van der Waals surface area (Å²) >= 11 is 0. The largest absolute Gasteiger partial charge is 0.480 e. The number of fused-ring (bicyclic) bond motifs is 1. The minimum absolute atomic E-state index is 0.191.